The van der Waals surface area contributed by atoms with Crippen molar-refractivity contribution in [1.82, 2.24) is 5.32 Å². The summed E-state index contributed by atoms with van der Waals surface area (Å²) in [4.78, 5) is 0. The second kappa shape index (κ2) is 6.37. The maximum Gasteiger partial charge on any atom is 0.204 e. The predicted molar refractivity (Wildman–Crippen MR) is 87.0 cm³/mol. The third-order valence-corrected chi connectivity index (χ3v) is 4.31. The first kappa shape index (κ1) is 15.5. The predicted octanol–water partition coefficient (Wildman–Crippen LogP) is 3.84. The van der Waals surface area contributed by atoms with Crippen molar-refractivity contribution in [1.29, 1.82) is 0 Å². The minimum Gasteiger partial charge on any atom is -0.486 e. The molecule has 1 aromatic carbocycles. The van der Waals surface area contributed by atoms with E-state index in [1.54, 1.807) is 0 Å². The summed E-state index contributed by atoms with van der Waals surface area (Å²) < 4.78 is 17.7. The molecule has 0 amide bonds. The fourth-order valence-electron chi connectivity index (χ4n) is 3.24. The number of unbranched alkanes of at least 4 members (excludes halogenated alkanes) is 2. The molecule has 0 aliphatic carbocycles. The normalized spacial score (nSPS) is 21.9. The molecule has 2 aliphatic heterocycles. The Hall–Kier alpha value is -1.42. The lowest BCUT2D eigenvalue weighted by Gasteiger charge is -2.39. The summed E-state index contributed by atoms with van der Waals surface area (Å²) in [5.74, 6) is 2.44. The fourth-order valence-corrected chi connectivity index (χ4v) is 3.24. The summed E-state index contributed by atoms with van der Waals surface area (Å²) in [5, 5.41) is 3.70. The van der Waals surface area contributed by atoms with Crippen molar-refractivity contribution < 1.29 is 14.2 Å². The van der Waals surface area contributed by atoms with Crippen LogP contribution in [-0.2, 0) is 0 Å². The smallest absolute Gasteiger partial charge is 0.204 e. The van der Waals surface area contributed by atoms with Gasteiger partial charge in [0.25, 0.3) is 0 Å². The molecule has 0 spiro atoms. The van der Waals surface area contributed by atoms with Gasteiger partial charge in [0.05, 0.1) is 0 Å². The average Bonchev–Trinajstić information content (AvgIpc) is 2.50. The summed E-state index contributed by atoms with van der Waals surface area (Å²) in [5.41, 5.74) is 0.991. The van der Waals surface area contributed by atoms with E-state index in [0.29, 0.717) is 19.3 Å². The zero-order valence-electron chi connectivity index (χ0n) is 13.9. The van der Waals surface area contributed by atoms with Crippen LogP contribution in [0.2, 0.25) is 0 Å². The highest BCUT2D eigenvalue weighted by molar-refractivity contribution is 5.58. The third kappa shape index (κ3) is 3.17. The highest BCUT2D eigenvalue weighted by atomic mass is 16.6. The van der Waals surface area contributed by atoms with Gasteiger partial charge in [-0.05, 0) is 38.9 Å². The van der Waals surface area contributed by atoms with E-state index in [1.807, 2.05) is 6.07 Å². The van der Waals surface area contributed by atoms with Gasteiger partial charge in [0.15, 0.2) is 11.5 Å². The van der Waals surface area contributed by atoms with Crippen molar-refractivity contribution in [2.75, 3.05) is 19.8 Å². The van der Waals surface area contributed by atoms with Crippen LogP contribution in [0.3, 0.4) is 0 Å². The number of hydrogen-bond donors (Lipinski definition) is 1. The molecule has 3 rings (SSSR count). The summed E-state index contributed by atoms with van der Waals surface area (Å²) >= 11 is 0. The summed E-state index contributed by atoms with van der Waals surface area (Å²) in [6.45, 7) is 8.74. The molecule has 1 aromatic rings. The molecule has 1 unspecified atom stereocenters. The molecular formula is C18H27NO3. The molecule has 2 heterocycles. The van der Waals surface area contributed by atoms with Crippen LogP contribution in [0.25, 0.3) is 0 Å². The van der Waals surface area contributed by atoms with E-state index in [0.717, 1.165) is 30.2 Å². The fraction of sp³-hybridized carbons (Fsp3) is 0.667. The topological polar surface area (TPSA) is 39.7 Å². The summed E-state index contributed by atoms with van der Waals surface area (Å²) in [7, 11) is 0. The molecule has 4 heteroatoms. The monoisotopic (exact) mass is 305 g/mol. The Morgan fingerprint density at radius 3 is 2.77 bits per heavy atom. The first-order valence-corrected chi connectivity index (χ1v) is 8.45. The quantitative estimate of drug-likeness (QED) is 0.839. The molecular weight excluding hydrogens is 278 g/mol. The molecule has 0 aromatic heterocycles. The Morgan fingerprint density at radius 1 is 1.14 bits per heavy atom. The Bertz CT molecular complexity index is 527. The van der Waals surface area contributed by atoms with Crippen molar-refractivity contribution in [3.63, 3.8) is 0 Å². The van der Waals surface area contributed by atoms with Gasteiger partial charge < -0.3 is 19.5 Å². The number of rotatable bonds is 5. The van der Waals surface area contributed by atoms with Gasteiger partial charge in [-0.3, -0.25) is 0 Å². The van der Waals surface area contributed by atoms with Crippen molar-refractivity contribution in [3.05, 3.63) is 17.7 Å². The van der Waals surface area contributed by atoms with Gasteiger partial charge in [0.1, 0.15) is 18.8 Å². The van der Waals surface area contributed by atoms with Crippen molar-refractivity contribution >= 4 is 0 Å². The number of hydrogen-bond acceptors (Lipinski definition) is 4. The first-order chi connectivity index (χ1) is 10.6. The van der Waals surface area contributed by atoms with E-state index in [2.05, 4.69) is 32.2 Å². The van der Waals surface area contributed by atoms with Crippen LogP contribution in [0.4, 0.5) is 0 Å². The van der Waals surface area contributed by atoms with E-state index < -0.39 is 0 Å². The number of benzene rings is 1. The van der Waals surface area contributed by atoms with Gasteiger partial charge in [-0.15, -0.1) is 0 Å². The summed E-state index contributed by atoms with van der Waals surface area (Å²) in [6.07, 6.45) is 4.70. The van der Waals surface area contributed by atoms with Gasteiger partial charge in [-0.25, -0.2) is 0 Å². The number of fused-ring (bicyclic) bond motifs is 3. The van der Waals surface area contributed by atoms with Crippen LogP contribution < -0.4 is 19.5 Å². The first-order valence-electron chi connectivity index (χ1n) is 8.45. The molecule has 0 fully saturated rings. The SMILES string of the molecule is CCCCCNC1CC(C)(C)Oc2c1ccc1c2OCCO1. The minimum atomic E-state index is -0.203. The standard InChI is InChI=1S/C18H27NO3/c1-4-5-6-9-19-14-12-18(2,3)22-16-13(14)7-8-15-17(16)21-11-10-20-15/h7-8,14,19H,4-6,9-12H2,1-3H3. The van der Waals surface area contributed by atoms with Gasteiger partial charge in [-0.2, -0.15) is 0 Å². The van der Waals surface area contributed by atoms with Gasteiger partial charge >= 0.3 is 0 Å². The molecule has 22 heavy (non-hydrogen) atoms. The Labute approximate surface area is 133 Å². The Morgan fingerprint density at radius 2 is 1.95 bits per heavy atom. The van der Waals surface area contributed by atoms with E-state index in [9.17, 15) is 0 Å². The number of ether oxygens (including phenoxy) is 3. The van der Waals surface area contributed by atoms with Crippen molar-refractivity contribution in [2.24, 2.45) is 0 Å². The lowest BCUT2D eigenvalue weighted by molar-refractivity contribution is 0.0564. The lowest BCUT2D eigenvalue weighted by atomic mass is 9.89. The average molecular weight is 305 g/mol. The number of nitrogens with one attached hydrogen (secondary N) is 1. The van der Waals surface area contributed by atoms with E-state index >= 15 is 0 Å². The van der Waals surface area contributed by atoms with E-state index in [-0.39, 0.29) is 5.60 Å². The van der Waals surface area contributed by atoms with Gasteiger partial charge in [0.2, 0.25) is 5.75 Å². The largest absolute Gasteiger partial charge is 0.486 e. The molecule has 0 radical (unpaired) electrons. The molecule has 122 valence electrons. The second-order valence-electron chi connectivity index (χ2n) is 6.79. The van der Waals surface area contributed by atoms with Crippen molar-refractivity contribution in [2.45, 2.75) is 58.1 Å². The highest BCUT2D eigenvalue weighted by Crippen LogP contribution is 2.49. The molecule has 1 N–H and O–H groups in total. The highest BCUT2D eigenvalue weighted by Gasteiger charge is 2.37. The van der Waals surface area contributed by atoms with Crippen LogP contribution >= 0.6 is 0 Å². The molecule has 0 saturated heterocycles. The van der Waals surface area contributed by atoms with Crippen LogP contribution in [0.15, 0.2) is 12.1 Å². The molecule has 0 bridgehead atoms. The minimum absolute atomic E-state index is 0.203. The Kier molecular flexibility index (Phi) is 4.48. The Balaban J connectivity index is 1.85. The van der Waals surface area contributed by atoms with Crippen LogP contribution in [-0.4, -0.2) is 25.4 Å². The summed E-state index contributed by atoms with van der Waals surface area (Å²) in [6, 6.07) is 4.44. The molecule has 2 aliphatic rings. The van der Waals surface area contributed by atoms with Crippen molar-refractivity contribution in [3.8, 4) is 17.2 Å². The third-order valence-electron chi connectivity index (χ3n) is 4.31. The van der Waals surface area contributed by atoms with Crippen LogP contribution in [0.5, 0.6) is 17.2 Å². The van der Waals surface area contributed by atoms with Gasteiger partial charge in [0, 0.05) is 18.0 Å². The zero-order valence-corrected chi connectivity index (χ0v) is 13.9. The van der Waals surface area contributed by atoms with Crippen LogP contribution in [0.1, 0.15) is 58.1 Å². The molecule has 4 nitrogen and oxygen atoms in total. The molecule has 1 atom stereocenters. The molecule has 0 saturated carbocycles. The maximum absolute atomic E-state index is 6.23. The second-order valence-corrected chi connectivity index (χ2v) is 6.79. The lowest BCUT2D eigenvalue weighted by Crippen LogP contribution is -2.40. The van der Waals surface area contributed by atoms with E-state index in [1.165, 1.54) is 24.8 Å². The van der Waals surface area contributed by atoms with Crippen LogP contribution in [0, 0.1) is 0 Å². The van der Waals surface area contributed by atoms with E-state index in [4.69, 9.17) is 14.2 Å². The maximum atomic E-state index is 6.23. The zero-order chi connectivity index (χ0) is 15.6. The van der Waals surface area contributed by atoms with Gasteiger partial charge in [-0.1, -0.05) is 19.8 Å².